The fourth-order valence-corrected chi connectivity index (χ4v) is 2.74. The van der Waals surface area contributed by atoms with Gasteiger partial charge in [0.2, 0.25) is 5.91 Å². The average Bonchev–Trinajstić information content (AvgIpc) is 3.01. The van der Waals surface area contributed by atoms with E-state index in [1.807, 2.05) is 46.7 Å². The van der Waals surface area contributed by atoms with Gasteiger partial charge in [-0.2, -0.15) is 0 Å². The minimum absolute atomic E-state index is 0.106. The first-order valence-corrected chi connectivity index (χ1v) is 7.83. The van der Waals surface area contributed by atoms with Crippen LogP contribution in [0.5, 0.6) is 0 Å². The summed E-state index contributed by atoms with van der Waals surface area (Å²) >= 11 is 1.68. The van der Waals surface area contributed by atoms with Gasteiger partial charge in [0.15, 0.2) is 0 Å². The molecule has 2 aromatic rings. The molecule has 0 saturated carbocycles. The lowest BCUT2D eigenvalue weighted by atomic mass is 10.2. The second-order valence-corrected chi connectivity index (χ2v) is 5.77. The maximum absolute atomic E-state index is 12.4. The molecule has 0 aliphatic carbocycles. The van der Waals surface area contributed by atoms with E-state index in [9.17, 15) is 4.79 Å². The molecule has 0 aliphatic rings. The van der Waals surface area contributed by atoms with Crippen molar-refractivity contribution in [2.45, 2.75) is 13.1 Å². The number of benzene rings is 1. The Balaban J connectivity index is 2.02. The van der Waals surface area contributed by atoms with Crippen LogP contribution in [0.25, 0.3) is 0 Å². The maximum Gasteiger partial charge on any atom is 0.237 e. The lowest BCUT2D eigenvalue weighted by Crippen LogP contribution is -2.37. The molecule has 2 rings (SSSR count). The van der Waals surface area contributed by atoms with Crippen molar-refractivity contribution in [2.75, 3.05) is 13.1 Å². The van der Waals surface area contributed by atoms with Crippen LogP contribution in [0.15, 0.2) is 60.5 Å². The first-order chi connectivity index (χ1) is 10.3. The molecule has 1 aromatic carbocycles. The lowest BCUT2D eigenvalue weighted by Gasteiger charge is -2.22. The van der Waals surface area contributed by atoms with Crippen molar-refractivity contribution in [1.82, 2.24) is 10.2 Å². The molecule has 1 N–H and O–H groups in total. The van der Waals surface area contributed by atoms with Gasteiger partial charge in [0.1, 0.15) is 0 Å². The van der Waals surface area contributed by atoms with Gasteiger partial charge in [-0.25, -0.2) is 0 Å². The minimum atomic E-state index is 0.106. The van der Waals surface area contributed by atoms with E-state index < -0.39 is 0 Å². The third-order valence-corrected chi connectivity index (χ3v) is 3.92. The average molecular weight is 300 g/mol. The third-order valence-electron chi connectivity index (χ3n) is 3.06. The van der Waals surface area contributed by atoms with Crippen molar-refractivity contribution in [1.29, 1.82) is 0 Å². The Kier molecular flexibility index (Phi) is 6.19. The van der Waals surface area contributed by atoms with Crippen LogP contribution in [0.1, 0.15) is 10.4 Å². The highest BCUT2D eigenvalue weighted by atomic mass is 32.1. The Labute approximate surface area is 129 Å². The number of hydrogen-bond acceptors (Lipinski definition) is 3. The van der Waals surface area contributed by atoms with Crippen LogP contribution in [-0.2, 0) is 17.9 Å². The van der Waals surface area contributed by atoms with Gasteiger partial charge in [-0.3, -0.25) is 4.79 Å². The van der Waals surface area contributed by atoms with E-state index in [2.05, 4.69) is 18.0 Å². The van der Waals surface area contributed by atoms with Crippen LogP contribution < -0.4 is 5.32 Å². The molecule has 1 heterocycles. The van der Waals surface area contributed by atoms with Crippen LogP contribution in [0.4, 0.5) is 0 Å². The predicted molar refractivity (Wildman–Crippen MR) is 88.1 cm³/mol. The van der Waals surface area contributed by atoms with Crippen LogP contribution >= 0.6 is 11.3 Å². The molecule has 0 unspecified atom stereocenters. The van der Waals surface area contributed by atoms with Crippen molar-refractivity contribution in [3.05, 3.63) is 70.9 Å². The molecule has 0 atom stereocenters. The number of thiophene rings is 1. The van der Waals surface area contributed by atoms with Gasteiger partial charge in [-0.1, -0.05) is 42.5 Å². The Morgan fingerprint density at radius 2 is 2.00 bits per heavy atom. The van der Waals surface area contributed by atoms with E-state index in [0.717, 1.165) is 5.56 Å². The van der Waals surface area contributed by atoms with Crippen LogP contribution in [0.3, 0.4) is 0 Å². The number of rotatable bonds is 8. The predicted octanol–water partition coefficient (Wildman–Crippen LogP) is 3.05. The largest absolute Gasteiger partial charge is 0.332 e. The number of nitrogens with one attached hydrogen (secondary N) is 1. The maximum atomic E-state index is 12.4. The van der Waals surface area contributed by atoms with Crippen LogP contribution in [0, 0.1) is 0 Å². The van der Waals surface area contributed by atoms with Crippen molar-refractivity contribution in [3.8, 4) is 0 Å². The van der Waals surface area contributed by atoms with Crippen molar-refractivity contribution < 1.29 is 4.79 Å². The van der Waals surface area contributed by atoms with E-state index in [4.69, 9.17) is 0 Å². The molecule has 110 valence electrons. The quantitative estimate of drug-likeness (QED) is 0.600. The molecule has 21 heavy (non-hydrogen) atoms. The van der Waals surface area contributed by atoms with E-state index in [-0.39, 0.29) is 5.91 Å². The van der Waals surface area contributed by atoms with Gasteiger partial charge in [0.25, 0.3) is 0 Å². The number of hydrogen-bond donors (Lipinski definition) is 1. The molecular formula is C17H20N2OS. The summed E-state index contributed by atoms with van der Waals surface area (Å²) in [6.45, 7) is 5.91. The Bertz CT molecular complexity index is 551. The van der Waals surface area contributed by atoms with Gasteiger partial charge >= 0.3 is 0 Å². The number of carbonyl (C=O) groups excluding carboxylic acids is 1. The topological polar surface area (TPSA) is 32.3 Å². The standard InChI is InChI=1S/C17H20N2OS/c1-2-10-18-12-17(20)19(14-16-9-6-11-21-16)13-15-7-4-3-5-8-15/h2-9,11,18H,1,10,12-14H2. The van der Waals surface area contributed by atoms with E-state index in [0.29, 0.717) is 26.2 Å². The fraction of sp³-hybridized carbons (Fsp3) is 0.235. The fourth-order valence-electron chi connectivity index (χ4n) is 2.02. The highest BCUT2D eigenvalue weighted by molar-refractivity contribution is 7.09. The van der Waals surface area contributed by atoms with Crippen LogP contribution in [-0.4, -0.2) is 23.9 Å². The molecule has 0 spiro atoms. The zero-order valence-corrected chi connectivity index (χ0v) is 12.8. The number of amides is 1. The van der Waals surface area contributed by atoms with Crippen molar-refractivity contribution in [2.24, 2.45) is 0 Å². The van der Waals surface area contributed by atoms with Crippen molar-refractivity contribution >= 4 is 17.2 Å². The van der Waals surface area contributed by atoms with Gasteiger partial charge in [-0.05, 0) is 17.0 Å². The second kappa shape index (κ2) is 8.39. The zero-order chi connectivity index (χ0) is 14.9. The minimum Gasteiger partial charge on any atom is -0.332 e. The van der Waals surface area contributed by atoms with E-state index >= 15 is 0 Å². The molecule has 0 saturated heterocycles. The SMILES string of the molecule is C=CCNCC(=O)N(Cc1ccccc1)Cc1cccs1. The second-order valence-electron chi connectivity index (χ2n) is 4.73. The number of nitrogens with zero attached hydrogens (tertiary/aromatic N) is 1. The van der Waals surface area contributed by atoms with Crippen molar-refractivity contribution in [3.63, 3.8) is 0 Å². The smallest absolute Gasteiger partial charge is 0.237 e. The molecule has 0 bridgehead atoms. The summed E-state index contributed by atoms with van der Waals surface area (Å²) < 4.78 is 0. The van der Waals surface area contributed by atoms with Crippen LogP contribution in [0.2, 0.25) is 0 Å². The summed E-state index contributed by atoms with van der Waals surface area (Å²) in [5, 5.41) is 5.11. The summed E-state index contributed by atoms with van der Waals surface area (Å²) in [6.07, 6.45) is 1.76. The zero-order valence-electron chi connectivity index (χ0n) is 12.0. The molecule has 0 aliphatic heterocycles. The molecule has 1 aromatic heterocycles. The van der Waals surface area contributed by atoms with Gasteiger partial charge in [0.05, 0.1) is 13.1 Å². The van der Waals surface area contributed by atoms with Gasteiger partial charge in [0, 0.05) is 18.0 Å². The summed E-state index contributed by atoms with van der Waals surface area (Å²) in [4.78, 5) is 15.5. The van der Waals surface area contributed by atoms with E-state index in [1.165, 1.54) is 4.88 Å². The molecule has 4 heteroatoms. The molecular weight excluding hydrogens is 280 g/mol. The van der Waals surface area contributed by atoms with E-state index in [1.54, 1.807) is 17.4 Å². The summed E-state index contributed by atoms with van der Waals surface area (Å²) in [7, 11) is 0. The summed E-state index contributed by atoms with van der Waals surface area (Å²) in [6, 6.07) is 14.2. The molecule has 1 amide bonds. The molecule has 0 fully saturated rings. The Morgan fingerprint density at radius 3 is 2.67 bits per heavy atom. The molecule has 3 nitrogen and oxygen atoms in total. The van der Waals surface area contributed by atoms with Gasteiger partial charge < -0.3 is 10.2 Å². The molecule has 0 radical (unpaired) electrons. The van der Waals surface area contributed by atoms with Gasteiger partial charge in [-0.15, -0.1) is 17.9 Å². The Hall–Kier alpha value is -1.91. The highest BCUT2D eigenvalue weighted by Gasteiger charge is 2.14. The summed E-state index contributed by atoms with van der Waals surface area (Å²) in [5.41, 5.74) is 1.14. The monoisotopic (exact) mass is 300 g/mol. The lowest BCUT2D eigenvalue weighted by molar-refractivity contribution is -0.131. The summed E-state index contributed by atoms with van der Waals surface area (Å²) in [5.74, 6) is 0.106. The highest BCUT2D eigenvalue weighted by Crippen LogP contribution is 2.14. The normalized spacial score (nSPS) is 10.3. The first kappa shape index (κ1) is 15.5. The third kappa shape index (κ3) is 5.17. The first-order valence-electron chi connectivity index (χ1n) is 6.95. The number of carbonyl (C=O) groups is 1. The Morgan fingerprint density at radius 1 is 1.19 bits per heavy atom.